The third-order valence-electron chi connectivity index (χ3n) is 3.57. The van der Waals surface area contributed by atoms with E-state index < -0.39 is 0 Å². The third kappa shape index (κ3) is 3.86. The fourth-order valence-electron chi connectivity index (χ4n) is 2.48. The Morgan fingerprint density at radius 1 is 1.57 bits per heavy atom. The number of amides is 1. The van der Waals surface area contributed by atoms with Crippen molar-refractivity contribution < 1.29 is 14.3 Å². The number of benzene rings is 1. The summed E-state index contributed by atoms with van der Waals surface area (Å²) >= 11 is 0. The van der Waals surface area contributed by atoms with E-state index in [1.807, 2.05) is 25.1 Å². The van der Waals surface area contributed by atoms with Crippen molar-refractivity contribution in [2.75, 3.05) is 39.1 Å². The Morgan fingerprint density at radius 3 is 3.05 bits per heavy atom. The number of methoxy groups -OCH3 is 1. The summed E-state index contributed by atoms with van der Waals surface area (Å²) < 4.78 is 10.6. The number of nitrogens with two attached hydrogens (primary N) is 1. The van der Waals surface area contributed by atoms with Crippen molar-refractivity contribution in [3.8, 4) is 5.75 Å². The molecule has 1 aliphatic rings. The Hall–Kier alpha value is -1.79. The van der Waals surface area contributed by atoms with Gasteiger partial charge in [0.1, 0.15) is 11.8 Å². The second kappa shape index (κ2) is 7.28. The molecule has 0 spiro atoms. The van der Waals surface area contributed by atoms with Crippen molar-refractivity contribution in [3.63, 3.8) is 0 Å². The van der Waals surface area contributed by atoms with Gasteiger partial charge in [0.05, 0.1) is 26.0 Å². The van der Waals surface area contributed by atoms with Gasteiger partial charge in [-0.15, -0.1) is 0 Å². The zero-order valence-electron chi connectivity index (χ0n) is 12.6. The summed E-state index contributed by atoms with van der Waals surface area (Å²) in [5.41, 5.74) is 7.60. The summed E-state index contributed by atoms with van der Waals surface area (Å²) in [6.45, 7) is 5.00. The van der Waals surface area contributed by atoms with Crippen LogP contribution in [0.5, 0.6) is 5.75 Å². The summed E-state index contributed by atoms with van der Waals surface area (Å²) in [5, 5.41) is 2.86. The van der Waals surface area contributed by atoms with Gasteiger partial charge in [0.2, 0.25) is 5.91 Å². The molecule has 6 heteroatoms. The molecule has 0 aliphatic carbocycles. The minimum atomic E-state index is -0.248. The van der Waals surface area contributed by atoms with Crippen molar-refractivity contribution in [3.05, 3.63) is 23.8 Å². The van der Waals surface area contributed by atoms with Crippen molar-refractivity contribution >= 4 is 11.6 Å². The summed E-state index contributed by atoms with van der Waals surface area (Å²) in [4.78, 5) is 14.2. The van der Waals surface area contributed by atoms with Crippen LogP contribution in [0, 0.1) is 0 Å². The van der Waals surface area contributed by atoms with Crippen LogP contribution in [0.1, 0.15) is 12.5 Å². The Balaban J connectivity index is 2.08. The molecule has 2 rings (SSSR count). The number of rotatable bonds is 5. The number of carbonyl (C=O) groups is 1. The molecule has 21 heavy (non-hydrogen) atoms. The van der Waals surface area contributed by atoms with E-state index in [4.69, 9.17) is 15.2 Å². The Bertz CT molecular complexity index is 493. The molecule has 1 heterocycles. The number of ether oxygens (including phenoxy) is 2. The highest BCUT2D eigenvalue weighted by molar-refractivity contribution is 5.82. The van der Waals surface area contributed by atoms with Gasteiger partial charge < -0.3 is 20.5 Å². The molecular formula is C15H23N3O3. The number of likely N-dealkylation sites (N-methyl/N-ethyl adjacent to an activating group) is 1. The van der Waals surface area contributed by atoms with Crippen LogP contribution in [0.3, 0.4) is 0 Å². The van der Waals surface area contributed by atoms with E-state index in [0.29, 0.717) is 37.7 Å². The number of hydrogen-bond donors (Lipinski definition) is 2. The van der Waals surface area contributed by atoms with Crippen molar-refractivity contribution in [2.24, 2.45) is 0 Å². The molecule has 0 bridgehead atoms. The van der Waals surface area contributed by atoms with E-state index in [0.717, 1.165) is 12.1 Å². The molecule has 1 saturated heterocycles. The van der Waals surface area contributed by atoms with Crippen LogP contribution < -0.4 is 15.8 Å². The molecule has 116 valence electrons. The number of carbonyl (C=O) groups excluding carboxylic acids is 1. The van der Waals surface area contributed by atoms with Crippen LogP contribution in [0.4, 0.5) is 5.69 Å². The number of nitrogens with one attached hydrogen (secondary N) is 1. The first kappa shape index (κ1) is 15.6. The van der Waals surface area contributed by atoms with Gasteiger partial charge in [0.25, 0.3) is 0 Å². The molecule has 6 nitrogen and oxygen atoms in total. The van der Waals surface area contributed by atoms with E-state index in [2.05, 4.69) is 10.2 Å². The van der Waals surface area contributed by atoms with E-state index in [1.54, 1.807) is 7.11 Å². The van der Waals surface area contributed by atoms with E-state index >= 15 is 0 Å². The molecule has 0 aromatic heterocycles. The fourth-order valence-corrected chi connectivity index (χ4v) is 2.48. The van der Waals surface area contributed by atoms with Gasteiger partial charge in [0, 0.05) is 19.6 Å². The molecule has 1 aromatic rings. The van der Waals surface area contributed by atoms with Gasteiger partial charge in [-0.25, -0.2) is 0 Å². The monoisotopic (exact) mass is 293 g/mol. The molecule has 1 atom stereocenters. The number of anilines is 1. The predicted molar refractivity (Wildman–Crippen MR) is 81.1 cm³/mol. The summed E-state index contributed by atoms with van der Waals surface area (Å²) in [7, 11) is 1.60. The Kier molecular flexibility index (Phi) is 5.41. The fraction of sp³-hybridized carbons (Fsp3) is 0.533. The van der Waals surface area contributed by atoms with Gasteiger partial charge in [0.15, 0.2) is 0 Å². The molecule has 1 amide bonds. The van der Waals surface area contributed by atoms with Gasteiger partial charge in [-0.05, 0) is 24.6 Å². The maximum atomic E-state index is 12.1. The minimum absolute atomic E-state index is 0.0127. The van der Waals surface area contributed by atoms with E-state index in [-0.39, 0.29) is 11.9 Å². The molecule has 1 fully saturated rings. The summed E-state index contributed by atoms with van der Waals surface area (Å²) in [5.74, 6) is 0.680. The highest BCUT2D eigenvalue weighted by atomic mass is 16.5. The van der Waals surface area contributed by atoms with Gasteiger partial charge in [-0.3, -0.25) is 9.69 Å². The number of hydrogen-bond acceptors (Lipinski definition) is 5. The minimum Gasteiger partial charge on any atom is -0.495 e. The maximum Gasteiger partial charge on any atom is 0.239 e. The zero-order chi connectivity index (χ0) is 15.2. The molecule has 3 N–H and O–H groups in total. The molecule has 1 aromatic carbocycles. The highest BCUT2D eigenvalue weighted by Gasteiger charge is 2.29. The molecule has 0 saturated carbocycles. The van der Waals surface area contributed by atoms with Gasteiger partial charge in [-0.1, -0.05) is 6.07 Å². The van der Waals surface area contributed by atoms with Gasteiger partial charge >= 0.3 is 0 Å². The predicted octanol–water partition coefficient (Wildman–Crippen LogP) is 0.614. The van der Waals surface area contributed by atoms with Crippen molar-refractivity contribution in [2.45, 2.75) is 19.5 Å². The van der Waals surface area contributed by atoms with Crippen molar-refractivity contribution in [1.82, 2.24) is 10.2 Å². The van der Waals surface area contributed by atoms with Crippen LogP contribution in [0.2, 0.25) is 0 Å². The van der Waals surface area contributed by atoms with E-state index in [1.165, 1.54) is 0 Å². The SMILES string of the molecule is CCNC(=O)C1COCCN1Cc1ccc(OC)c(N)c1. The largest absolute Gasteiger partial charge is 0.495 e. The van der Waals surface area contributed by atoms with E-state index in [9.17, 15) is 4.79 Å². The van der Waals surface area contributed by atoms with Gasteiger partial charge in [-0.2, -0.15) is 0 Å². The second-order valence-corrected chi connectivity index (χ2v) is 5.03. The zero-order valence-corrected chi connectivity index (χ0v) is 12.6. The Morgan fingerprint density at radius 2 is 2.38 bits per heavy atom. The first-order valence-corrected chi connectivity index (χ1v) is 7.17. The smallest absolute Gasteiger partial charge is 0.239 e. The third-order valence-corrected chi connectivity index (χ3v) is 3.57. The van der Waals surface area contributed by atoms with Crippen LogP contribution in [0.15, 0.2) is 18.2 Å². The van der Waals surface area contributed by atoms with Crippen LogP contribution in [0.25, 0.3) is 0 Å². The van der Waals surface area contributed by atoms with Crippen molar-refractivity contribution in [1.29, 1.82) is 0 Å². The second-order valence-electron chi connectivity index (χ2n) is 5.03. The topological polar surface area (TPSA) is 76.8 Å². The standard InChI is InChI=1S/C15H23N3O3/c1-3-17-15(19)13-10-21-7-6-18(13)9-11-4-5-14(20-2)12(16)8-11/h4-5,8,13H,3,6-7,9-10,16H2,1-2H3,(H,17,19). The molecule has 0 radical (unpaired) electrons. The quantitative estimate of drug-likeness (QED) is 0.778. The molecule has 1 aliphatic heterocycles. The van der Waals surface area contributed by atoms with Crippen LogP contribution >= 0.6 is 0 Å². The lowest BCUT2D eigenvalue weighted by molar-refractivity contribution is -0.132. The number of nitrogens with zero attached hydrogens (tertiary/aromatic N) is 1. The normalized spacial score (nSPS) is 19.2. The molecule has 1 unspecified atom stereocenters. The molecular weight excluding hydrogens is 270 g/mol. The summed E-state index contributed by atoms with van der Waals surface area (Å²) in [6, 6.07) is 5.47. The summed E-state index contributed by atoms with van der Waals surface area (Å²) in [6.07, 6.45) is 0. The average molecular weight is 293 g/mol. The average Bonchev–Trinajstić information content (AvgIpc) is 2.48. The highest BCUT2D eigenvalue weighted by Crippen LogP contribution is 2.23. The van der Waals surface area contributed by atoms with Crippen LogP contribution in [-0.4, -0.2) is 50.3 Å². The number of nitrogen functional groups attached to an aromatic ring is 1. The first-order valence-electron chi connectivity index (χ1n) is 7.17. The lowest BCUT2D eigenvalue weighted by atomic mass is 10.1. The van der Waals surface area contributed by atoms with Crippen LogP contribution in [-0.2, 0) is 16.1 Å². The Labute approximate surface area is 125 Å². The first-order chi connectivity index (χ1) is 10.2. The lowest BCUT2D eigenvalue weighted by Gasteiger charge is -2.34. The number of morpholine rings is 1. The maximum absolute atomic E-state index is 12.1. The lowest BCUT2D eigenvalue weighted by Crippen LogP contribution is -2.53.